The van der Waals surface area contributed by atoms with Gasteiger partial charge in [0, 0.05) is 12.4 Å². The fraction of sp³-hybridized carbons (Fsp3) is 0.353. The third kappa shape index (κ3) is 3.81. The summed E-state index contributed by atoms with van der Waals surface area (Å²) in [6, 6.07) is 12.6. The van der Waals surface area contributed by atoms with Gasteiger partial charge in [-0.25, -0.2) is 0 Å². The molecule has 1 unspecified atom stereocenters. The van der Waals surface area contributed by atoms with E-state index in [9.17, 15) is 0 Å². The lowest BCUT2D eigenvalue weighted by Gasteiger charge is -2.19. The predicted molar refractivity (Wildman–Crippen MR) is 82.0 cm³/mol. The van der Waals surface area contributed by atoms with Crippen molar-refractivity contribution in [2.24, 2.45) is 0 Å². The first-order valence-corrected chi connectivity index (χ1v) is 7.21. The zero-order valence-corrected chi connectivity index (χ0v) is 12.2. The summed E-state index contributed by atoms with van der Waals surface area (Å²) in [5.41, 5.74) is 2.46. The van der Waals surface area contributed by atoms with Crippen LogP contribution >= 0.6 is 0 Å². The van der Waals surface area contributed by atoms with Gasteiger partial charge in [0.1, 0.15) is 5.75 Å². The molecule has 0 aliphatic heterocycles. The molecule has 0 amide bonds. The number of nitrogens with one attached hydrogen (secondary N) is 1. The van der Waals surface area contributed by atoms with Gasteiger partial charge in [-0.2, -0.15) is 0 Å². The van der Waals surface area contributed by atoms with Crippen molar-refractivity contribution < 1.29 is 4.74 Å². The minimum absolute atomic E-state index is 0.197. The van der Waals surface area contributed by atoms with Gasteiger partial charge in [0.15, 0.2) is 0 Å². The predicted octanol–water partition coefficient (Wildman–Crippen LogP) is 3.57. The zero-order chi connectivity index (χ0) is 14.2. The fourth-order valence-electron chi connectivity index (χ4n) is 2.16. The van der Waals surface area contributed by atoms with Crippen LogP contribution in [0.15, 0.2) is 48.8 Å². The Kier molecular flexibility index (Phi) is 5.56. The number of aromatic nitrogens is 1. The Hall–Kier alpha value is -1.87. The number of pyridine rings is 1. The highest BCUT2D eigenvalue weighted by molar-refractivity contribution is 5.34. The van der Waals surface area contributed by atoms with Gasteiger partial charge >= 0.3 is 0 Å². The molecule has 0 bridgehead atoms. The van der Waals surface area contributed by atoms with E-state index < -0.39 is 0 Å². The summed E-state index contributed by atoms with van der Waals surface area (Å²) >= 11 is 0. The summed E-state index contributed by atoms with van der Waals surface area (Å²) in [5.74, 6) is 0.931. The van der Waals surface area contributed by atoms with Crippen molar-refractivity contribution in [3.05, 3.63) is 59.9 Å². The highest BCUT2D eigenvalue weighted by atomic mass is 16.5. The van der Waals surface area contributed by atoms with Gasteiger partial charge in [0.05, 0.1) is 12.6 Å². The van der Waals surface area contributed by atoms with Crippen LogP contribution in [0.25, 0.3) is 0 Å². The van der Waals surface area contributed by atoms with Crippen molar-refractivity contribution in [3.63, 3.8) is 0 Å². The topological polar surface area (TPSA) is 34.1 Å². The van der Waals surface area contributed by atoms with E-state index in [0.29, 0.717) is 0 Å². The first-order chi connectivity index (χ1) is 9.85. The van der Waals surface area contributed by atoms with Gasteiger partial charge in [-0.05, 0) is 48.4 Å². The van der Waals surface area contributed by atoms with E-state index in [4.69, 9.17) is 4.74 Å². The first-order valence-electron chi connectivity index (χ1n) is 7.21. The first kappa shape index (κ1) is 14.5. The van der Waals surface area contributed by atoms with Crippen molar-refractivity contribution in [1.82, 2.24) is 10.3 Å². The number of hydrogen-bond donors (Lipinski definition) is 1. The number of nitrogens with zero attached hydrogens (tertiary/aromatic N) is 1. The van der Waals surface area contributed by atoms with Crippen LogP contribution in [-0.2, 0) is 0 Å². The molecule has 1 atom stereocenters. The van der Waals surface area contributed by atoms with Gasteiger partial charge in [0.2, 0.25) is 0 Å². The molecule has 1 aromatic heterocycles. The van der Waals surface area contributed by atoms with Crippen LogP contribution in [0, 0.1) is 0 Å². The van der Waals surface area contributed by atoms with Crippen molar-refractivity contribution in [3.8, 4) is 5.75 Å². The Bertz CT molecular complexity index is 496. The van der Waals surface area contributed by atoms with E-state index in [1.54, 1.807) is 0 Å². The maximum Gasteiger partial charge on any atom is 0.119 e. The fourth-order valence-corrected chi connectivity index (χ4v) is 2.16. The SMILES string of the molecule is CCCOc1ccc(C(NCC)c2ccncc2)cc1. The molecule has 1 heterocycles. The zero-order valence-electron chi connectivity index (χ0n) is 12.2. The second-order valence-corrected chi connectivity index (χ2v) is 4.69. The van der Waals surface area contributed by atoms with Gasteiger partial charge in [-0.3, -0.25) is 4.98 Å². The normalized spacial score (nSPS) is 12.1. The Labute approximate surface area is 121 Å². The van der Waals surface area contributed by atoms with Gasteiger partial charge < -0.3 is 10.1 Å². The van der Waals surface area contributed by atoms with Gasteiger partial charge in [-0.15, -0.1) is 0 Å². The van der Waals surface area contributed by atoms with E-state index in [1.807, 2.05) is 24.5 Å². The maximum absolute atomic E-state index is 5.63. The van der Waals surface area contributed by atoms with Crippen LogP contribution in [0.5, 0.6) is 5.75 Å². The molecule has 1 aromatic carbocycles. The molecule has 0 saturated heterocycles. The summed E-state index contributed by atoms with van der Waals surface area (Å²) in [7, 11) is 0. The summed E-state index contributed by atoms with van der Waals surface area (Å²) in [5, 5.41) is 3.51. The number of rotatable bonds is 7. The van der Waals surface area contributed by atoms with Crippen LogP contribution < -0.4 is 10.1 Å². The largest absolute Gasteiger partial charge is 0.494 e. The molecule has 1 N–H and O–H groups in total. The molecule has 0 aliphatic rings. The Morgan fingerprint density at radius 1 is 1.00 bits per heavy atom. The summed E-state index contributed by atoms with van der Waals surface area (Å²) in [6.07, 6.45) is 4.69. The van der Waals surface area contributed by atoms with E-state index in [-0.39, 0.29) is 6.04 Å². The molecule has 0 fully saturated rings. The Balaban J connectivity index is 2.17. The molecule has 3 heteroatoms. The molecule has 0 aliphatic carbocycles. The molecule has 0 saturated carbocycles. The maximum atomic E-state index is 5.63. The lowest BCUT2D eigenvalue weighted by molar-refractivity contribution is 0.317. The summed E-state index contributed by atoms with van der Waals surface area (Å²) in [6.45, 7) is 5.91. The van der Waals surface area contributed by atoms with Crippen molar-refractivity contribution in [2.75, 3.05) is 13.2 Å². The lowest BCUT2D eigenvalue weighted by atomic mass is 9.99. The number of ether oxygens (including phenoxy) is 1. The monoisotopic (exact) mass is 270 g/mol. The van der Waals surface area contributed by atoms with Crippen LogP contribution in [0.3, 0.4) is 0 Å². The average Bonchev–Trinajstić information content (AvgIpc) is 2.52. The average molecular weight is 270 g/mol. The number of hydrogen-bond acceptors (Lipinski definition) is 3. The minimum atomic E-state index is 0.197. The van der Waals surface area contributed by atoms with Crippen molar-refractivity contribution >= 4 is 0 Å². The van der Waals surface area contributed by atoms with Gasteiger partial charge in [0.25, 0.3) is 0 Å². The van der Waals surface area contributed by atoms with Crippen LogP contribution in [0.4, 0.5) is 0 Å². The van der Waals surface area contributed by atoms with Crippen molar-refractivity contribution in [1.29, 1.82) is 0 Å². The van der Waals surface area contributed by atoms with Crippen LogP contribution in [0.1, 0.15) is 37.4 Å². The standard InChI is InChI=1S/C17H22N2O/c1-3-13-20-16-7-5-14(6-8-16)17(19-4-2)15-9-11-18-12-10-15/h5-12,17,19H,3-4,13H2,1-2H3. The van der Waals surface area contributed by atoms with E-state index >= 15 is 0 Å². The van der Waals surface area contributed by atoms with Gasteiger partial charge in [-0.1, -0.05) is 26.0 Å². The second-order valence-electron chi connectivity index (χ2n) is 4.69. The quantitative estimate of drug-likeness (QED) is 0.835. The molecule has 0 spiro atoms. The summed E-state index contributed by atoms with van der Waals surface area (Å²) in [4.78, 5) is 4.08. The third-order valence-corrected chi connectivity index (χ3v) is 3.13. The van der Waals surface area contributed by atoms with E-state index in [1.165, 1.54) is 11.1 Å². The molecule has 3 nitrogen and oxygen atoms in total. The molecule has 2 rings (SSSR count). The highest BCUT2D eigenvalue weighted by Gasteiger charge is 2.12. The molecule has 0 radical (unpaired) electrons. The third-order valence-electron chi connectivity index (χ3n) is 3.13. The van der Waals surface area contributed by atoms with Crippen molar-refractivity contribution in [2.45, 2.75) is 26.3 Å². The Morgan fingerprint density at radius 3 is 2.25 bits per heavy atom. The van der Waals surface area contributed by atoms with Crippen LogP contribution in [-0.4, -0.2) is 18.1 Å². The molecule has 106 valence electrons. The van der Waals surface area contributed by atoms with E-state index in [2.05, 4.69) is 48.4 Å². The summed E-state index contributed by atoms with van der Waals surface area (Å²) < 4.78 is 5.63. The second kappa shape index (κ2) is 7.65. The molecular weight excluding hydrogens is 248 g/mol. The highest BCUT2D eigenvalue weighted by Crippen LogP contribution is 2.23. The number of benzene rings is 1. The van der Waals surface area contributed by atoms with E-state index in [0.717, 1.165) is 25.3 Å². The molecule has 2 aromatic rings. The Morgan fingerprint density at radius 2 is 1.65 bits per heavy atom. The van der Waals surface area contributed by atoms with Crippen LogP contribution in [0.2, 0.25) is 0 Å². The molecule has 20 heavy (non-hydrogen) atoms. The smallest absolute Gasteiger partial charge is 0.119 e. The lowest BCUT2D eigenvalue weighted by Crippen LogP contribution is -2.21. The molecular formula is C17H22N2O. The minimum Gasteiger partial charge on any atom is -0.494 e.